The molecule has 0 radical (unpaired) electrons. The average Bonchev–Trinajstić information content (AvgIpc) is 2.46. The second-order valence-corrected chi connectivity index (χ2v) is 3.95. The molecule has 0 aromatic heterocycles. The molecule has 0 aromatic rings. The van der Waals surface area contributed by atoms with Crippen molar-refractivity contribution in [1.82, 2.24) is 0 Å². The number of rotatable bonds is 0. The molecule has 0 aliphatic heterocycles. The van der Waals surface area contributed by atoms with E-state index in [1.807, 2.05) is 26.0 Å². The predicted octanol–water partition coefficient (Wildman–Crippen LogP) is 4.06. The van der Waals surface area contributed by atoms with E-state index in [0.29, 0.717) is 0 Å². The van der Waals surface area contributed by atoms with E-state index < -0.39 is 0 Å². The van der Waals surface area contributed by atoms with Crippen LogP contribution < -0.4 is 0 Å². The quantitative estimate of drug-likeness (QED) is 0.621. The molecule has 0 spiro atoms. The van der Waals surface area contributed by atoms with Gasteiger partial charge >= 0.3 is 0 Å². The lowest BCUT2D eigenvalue weighted by Crippen LogP contribution is -1.89. The molecule has 2 heteroatoms. The van der Waals surface area contributed by atoms with E-state index in [1.165, 1.54) is 24.3 Å². The zero-order chi connectivity index (χ0) is 15.4. The Hall–Kier alpha value is -2.48. The summed E-state index contributed by atoms with van der Waals surface area (Å²) in [6.07, 6.45) is 16.8. The van der Waals surface area contributed by atoms with E-state index in [1.54, 1.807) is 24.3 Å². The summed E-state index contributed by atoms with van der Waals surface area (Å²) in [5, 5.41) is 0. The molecule has 0 N–H and O–H groups in total. The van der Waals surface area contributed by atoms with Crippen molar-refractivity contribution < 1.29 is 9.59 Å². The van der Waals surface area contributed by atoms with Crippen LogP contribution >= 0.6 is 0 Å². The minimum absolute atomic E-state index is 0.0393. The zero-order valence-electron chi connectivity index (χ0n) is 12.0. The van der Waals surface area contributed by atoms with Crippen LogP contribution in [0.25, 0.3) is 0 Å². The fraction of sp³-hybridized carbons (Fsp3) is 0.111. The summed E-state index contributed by atoms with van der Waals surface area (Å²) in [4.78, 5) is 20.8. The lowest BCUT2D eigenvalue weighted by atomic mass is 10.1. The Labute approximate surface area is 120 Å². The Balaban J connectivity index is 0.000000289. The topological polar surface area (TPSA) is 34.1 Å². The standard InChI is InChI=1S/2C7H6O.C4H8/c2*1-6-2-4-7(8)5-3-6;1-3-4-2/h2*2-5H,1H2;3-4H,1-2H3. The van der Waals surface area contributed by atoms with Crippen LogP contribution in [0.4, 0.5) is 0 Å². The molecule has 0 unspecified atom stereocenters. The number of hydrogen-bond donors (Lipinski definition) is 0. The van der Waals surface area contributed by atoms with Crippen molar-refractivity contribution in [2.45, 2.75) is 13.8 Å². The molecule has 0 aromatic carbocycles. The van der Waals surface area contributed by atoms with Crippen molar-refractivity contribution >= 4 is 11.6 Å². The number of hydrogen-bond acceptors (Lipinski definition) is 2. The second-order valence-electron chi connectivity index (χ2n) is 3.95. The highest BCUT2D eigenvalue weighted by molar-refractivity contribution is 6.01. The monoisotopic (exact) mass is 268 g/mol. The Kier molecular flexibility index (Phi) is 9.15. The van der Waals surface area contributed by atoms with Crippen LogP contribution in [0.1, 0.15) is 13.8 Å². The molecule has 20 heavy (non-hydrogen) atoms. The molecule has 2 aliphatic rings. The van der Waals surface area contributed by atoms with Gasteiger partial charge in [0.25, 0.3) is 0 Å². The van der Waals surface area contributed by atoms with Crippen molar-refractivity contribution in [3.8, 4) is 0 Å². The summed E-state index contributed by atoms with van der Waals surface area (Å²) in [6.45, 7) is 11.2. The molecular formula is C18H20O2. The molecule has 0 heterocycles. The first-order valence-electron chi connectivity index (χ1n) is 6.25. The number of allylic oxidation sites excluding steroid dienone is 12. The Morgan fingerprint density at radius 3 is 1.05 bits per heavy atom. The third-order valence-corrected chi connectivity index (χ3v) is 2.18. The Morgan fingerprint density at radius 2 is 0.900 bits per heavy atom. The molecule has 104 valence electrons. The maximum absolute atomic E-state index is 10.4. The summed E-state index contributed by atoms with van der Waals surface area (Å²) in [5.41, 5.74) is 1.76. The van der Waals surface area contributed by atoms with Gasteiger partial charge < -0.3 is 0 Å². The van der Waals surface area contributed by atoms with Crippen molar-refractivity contribution in [2.75, 3.05) is 0 Å². The van der Waals surface area contributed by atoms with Gasteiger partial charge in [0, 0.05) is 0 Å². The first kappa shape index (κ1) is 17.5. The lowest BCUT2D eigenvalue weighted by molar-refractivity contribution is -0.111. The maximum atomic E-state index is 10.4. The predicted molar refractivity (Wildman–Crippen MR) is 85.3 cm³/mol. The lowest BCUT2D eigenvalue weighted by Gasteiger charge is -1.92. The van der Waals surface area contributed by atoms with E-state index >= 15 is 0 Å². The molecule has 0 fully saturated rings. The smallest absolute Gasteiger partial charge is 0.178 e. The van der Waals surface area contributed by atoms with Gasteiger partial charge in [-0.3, -0.25) is 9.59 Å². The highest BCUT2D eigenvalue weighted by Crippen LogP contribution is 2.01. The number of carbonyl (C=O) groups is 2. The zero-order valence-corrected chi connectivity index (χ0v) is 12.0. The van der Waals surface area contributed by atoms with Gasteiger partial charge in [0.1, 0.15) is 0 Å². The highest BCUT2D eigenvalue weighted by Gasteiger charge is 1.93. The third-order valence-electron chi connectivity index (χ3n) is 2.18. The summed E-state index contributed by atoms with van der Waals surface area (Å²) in [7, 11) is 0. The molecule has 0 saturated heterocycles. The summed E-state index contributed by atoms with van der Waals surface area (Å²) < 4.78 is 0. The normalized spacial score (nSPS) is 15.9. The fourth-order valence-corrected chi connectivity index (χ4v) is 0.979. The molecule has 0 atom stereocenters. The minimum Gasteiger partial charge on any atom is -0.290 e. The van der Waals surface area contributed by atoms with E-state index in [9.17, 15) is 9.59 Å². The molecule has 0 saturated carbocycles. The maximum Gasteiger partial charge on any atom is 0.178 e. The van der Waals surface area contributed by atoms with Gasteiger partial charge in [-0.25, -0.2) is 0 Å². The SMILES string of the molecule is C=C1C=CC(=O)C=C1.C=C1C=CC(=O)C=C1.CC=CC. The van der Waals surface area contributed by atoms with Crippen LogP contribution in [-0.2, 0) is 9.59 Å². The minimum atomic E-state index is 0.0393. The van der Waals surface area contributed by atoms with Gasteiger partial charge in [0.2, 0.25) is 0 Å². The van der Waals surface area contributed by atoms with Crippen molar-refractivity contribution in [3.63, 3.8) is 0 Å². The Morgan fingerprint density at radius 1 is 0.650 bits per heavy atom. The van der Waals surface area contributed by atoms with Crippen molar-refractivity contribution in [1.29, 1.82) is 0 Å². The summed E-state index contributed by atoms with van der Waals surface area (Å²) >= 11 is 0. The number of ketones is 2. The van der Waals surface area contributed by atoms with Crippen LogP contribution in [0.2, 0.25) is 0 Å². The van der Waals surface area contributed by atoms with E-state index in [4.69, 9.17) is 0 Å². The molecular weight excluding hydrogens is 248 g/mol. The first-order valence-corrected chi connectivity index (χ1v) is 6.25. The molecule has 0 bridgehead atoms. The molecule has 2 nitrogen and oxygen atoms in total. The van der Waals surface area contributed by atoms with Gasteiger partial charge in [-0.05, 0) is 49.3 Å². The van der Waals surface area contributed by atoms with E-state index in [0.717, 1.165) is 11.1 Å². The van der Waals surface area contributed by atoms with Crippen LogP contribution in [0, 0.1) is 0 Å². The first-order chi connectivity index (χ1) is 9.49. The highest BCUT2D eigenvalue weighted by atomic mass is 16.1. The average molecular weight is 268 g/mol. The van der Waals surface area contributed by atoms with Crippen LogP contribution in [0.15, 0.2) is 85.1 Å². The summed E-state index contributed by atoms with van der Waals surface area (Å²) in [6, 6.07) is 0. The van der Waals surface area contributed by atoms with Gasteiger partial charge in [-0.2, -0.15) is 0 Å². The van der Waals surface area contributed by atoms with Gasteiger partial charge in [-0.1, -0.05) is 49.6 Å². The van der Waals surface area contributed by atoms with Crippen molar-refractivity contribution in [3.05, 3.63) is 85.1 Å². The van der Waals surface area contributed by atoms with E-state index in [-0.39, 0.29) is 11.6 Å². The van der Waals surface area contributed by atoms with Crippen LogP contribution in [-0.4, -0.2) is 11.6 Å². The fourth-order valence-electron chi connectivity index (χ4n) is 0.979. The van der Waals surface area contributed by atoms with E-state index in [2.05, 4.69) is 13.2 Å². The third kappa shape index (κ3) is 9.54. The number of carbonyl (C=O) groups excluding carboxylic acids is 2. The van der Waals surface area contributed by atoms with Crippen LogP contribution in [0.3, 0.4) is 0 Å². The van der Waals surface area contributed by atoms with Crippen molar-refractivity contribution in [2.24, 2.45) is 0 Å². The van der Waals surface area contributed by atoms with Gasteiger partial charge in [0.15, 0.2) is 11.6 Å². The molecule has 2 rings (SSSR count). The Bertz CT molecular complexity index is 400. The largest absolute Gasteiger partial charge is 0.290 e. The van der Waals surface area contributed by atoms with Crippen LogP contribution in [0.5, 0.6) is 0 Å². The molecule has 2 aliphatic carbocycles. The summed E-state index contributed by atoms with van der Waals surface area (Å²) in [5.74, 6) is 0.0785. The van der Waals surface area contributed by atoms with Gasteiger partial charge in [-0.15, -0.1) is 0 Å². The molecule has 0 amide bonds. The van der Waals surface area contributed by atoms with Gasteiger partial charge in [0.05, 0.1) is 0 Å². The second kappa shape index (κ2) is 10.4.